The molecule has 2 aliphatic heterocycles. The van der Waals surface area contributed by atoms with Crippen molar-refractivity contribution in [2.45, 2.75) is 62.3 Å². The predicted molar refractivity (Wildman–Crippen MR) is 123 cm³/mol. The summed E-state index contributed by atoms with van der Waals surface area (Å²) < 4.78 is 17.1. The number of rotatable bonds is 6. The summed E-state index contributed by atoms with van der Waals surface area (Å²) in [5, 5.41) is 40.8. The maximum atomic E-state index is 10.5. The zero-order valence-corrected chi connectivity index (χ0v) is 19.5. The van der Waals surface area contributed by atoms with Crippen LogP contribution >= 0.6 is 11.6 Å². The Kier molecular flexibility index (Phi) is 7.31. The van der Waals surface area contributed by atoms with Crippen LogP contribution in [0.25, 0.3) is 0 Å². The van der Waals surface area contributed by atoms with Gasteiger partial charge in [-0.2, -0.15) is 0 Å². The fraction of sp³-hybridized carbons (Fsp3) is 0.520. The number of hydrogen-bond donors (Lipinski definition) is 4. The minimum atomic E-state index is -1.44. The quantitative estimate of drug-likeness (QED) is 0.504. The second-order valence-corrected chi connectivity index (χ2v) is 9.65. The van der Waals surface area contributed by atoms with Gasteiger partial charge in [0.25, 0.3) is 0 Å². The third-order valence-electron chi connectivity index (χ3n) is 6.65. The van der Waals surface area contributed by atoms with Gasteiger partial charge in [-0.3, -0.25) is 0 Å². The average molecular weight is 479 g/mol. The number of ether oxygens (including phenoxy) is 3. The van der Waals surface area contributed by atoms with Gasteiger partial charge in [0.1, 0.15) is 42.4 Å². The Bertz CT molecular complexity index is 940. The molecular weight excluding hydrogens is 448 g/mol. The standard InChI is InChI=1S/C25H31ClO7/c1-25(2,15-4-6-16(7-5-15)32-17-9-10-31-13-17)18-11-14(3-8-19(18)26)24-23(30)22(29)21(28)20(12-27)33-24/h3-8,11,17,20-24,27-30H,9-10,12-13H2,1-2H3/t17-,20+,21+,22-,23+,24?/m0/s1. The summed E-state index contributed by atoms with van der Waals surface area (Å²) in [4.78, 5) is 0. The van der Waals surface area contributed by atoms with Gasteiger partial charge in [0.15, 0.2) is 0 Å². The molecule has 0 amide bonds. The van der Waals surface area contributed by atoms with Crippen LogP contribution < -0.4 is 4.74 Å². The van der Waals surface area contributed by atoms with Crippen molar-refractivity contribution in [1.29, 1.82) is 0 Å². The number of aliphatic hydroxyl groups excluding tert-OH is 4. The maximum absolute atomic E-state index is 10.5. The zero-order valence-electron chi connectivity index (χ0n) is 18.7. The summed E-state index contributed by atoms with van der Waals surface area (Å²) in [5.74, 6) is 0.784. The van der Waals surface area contributed by atoms with Gasteiger partial charge in [-0.25, -0.2) is 0 Å². The molecule has 0 saturated carbocycles. The molecule has 180 valence electrons. The van der Waals surface area contributed by atoms with E-state index in [0.29, 0.717) is 17.2 Å². The molecule has 4 rings (SSSR count). The minimum absolute atomic E-state index is 0.0773. The summed E-state index contributed by atoms with van der Waals surface area (Å²) in [5.41, 5.74) is 1.94. The van der Waals surface area contributed by atoms with E-state index in [0.717, 1.165) is 29.9 Å². The van der Waals surface area contributed by atoms with Crippen molar-refractivity contribution in [1.82, 2.24) is 0 Å². The molecule has 1 unspecified atom stereocenters. The fourth-order valence-corrected chi connectivity index (χ4v) is 4.83. The number of aliphatic hydroxyl groups is 4. The highest BCUT2D eigenvalue weighted by molar-refractivity contribution is 6.31. The van der Waals surface area contributed by atoms with Gasteiger partial charge in [-0.05, 0) is 34.9 Å². The number of halogens is 1. The smallest absolute Gasteiger partial charge is 0.124 e. The van der Waals surface area contributed by atoms with Crippen LogP contribution in [0.4, 0.5) is 0 Å². The van der Waals surface area contributed by atoms with Gasteiger partial charge in [0, 0.05) is 16.9 Å². The van der Waals surface area contributed by atoms with Crippen LogP contribution in [0.15, 0.2) is 42.5 Å². The van der Waals surface area contributed by atoms with Crippen LogP contribution in [0, 0.1) is 0 Å². The van der Waals surface area contributed by atoms with Crippen LogP contribution in [-0.2, 0) is 14.9 Å². The van der Waals surface area contributed by atoms with Crippen LogP contribution in [0.3, 0.4) is 0 Å². The Morgan fingerprint density at radius 1 is 1.03 bits per heavy atom. The van der Waals surface area contributed by atoms with E-state index in [9.17, 15) is 20.4 Å². The molecule has 0 aromatic heterocycles. The van der Waals surface area contributed by atoms with E-state index in [2.05, 4.69) is 0 Å². The first-order valence-electron chi connectivity index (χ1n) is 11.2. The Morgan fingerprint density at radius 3 is 2.39 bits per heavy atom. The molecule has 2 heterocycles. The van der Waals surface area contributed by atoms with E-state index in [-0.39, 0.29) is 6.10 Å². The highest BCUT2D eigenvalue weighted by Crippen LogP contribution is 2.40. The van der Waals surface area contributed by atoms with Gasteiger partial charge in [-0.1, -0.05) is 49.7 Å². The molecule has 0 aliphatic carbocycles. The predicted octanol–water partition coefficient (Wildman–Crippen LogP) is 2.35. The van der Waals surface area contributed by atoms with E-state index in [1.54, 1.807) is 12.1 Å². The van der Waals surface area contributed by atoms with E-state index < -0.39 is 42.5 Å². The molecule has 0 bridgehead atoms. The first kappa shape index (κ1) is 24.4. The summed E-state index contributed by atoms with van der Waals surface area (Å²) in [6.45, 7) is 4.94. The molecule has 0 spiro atoms. The lowest BCUT2D eigenvalue weighted by Gasteiger charge is -2.40. The van der Waals surface area contributed by atoms with E-state index in [4.69, 9.17) is 25.8 Å². The van der Waals surface area contributed by atoms with Gasteiger partial charge >= 0.3 is 0 Å². The van der Waals surface area contributed by atoms with Crippen molar-refractivity contribution in [3.63, 3.8) is 0 Å². The number of hydrogen-bond acceptors (Lipinski definition) is 7. The van der Waals surface area contributed by atoms with E-state index >= 15 is 0 Å². The first-order chi connectivity index (χ1) is 15.7. The van der Waals surface area contributed by atoms with Gasteiger partial charge < -0.3 is 34.6 Å². The van der Waals surface area contributed by atoms with E-state index in [1.807, 2.05) is 44.2 Å². The largest absolute Gasteiger partial charge is 0.488 e. The molecule has 2 saturated heterocycles. The minimum Gasteiger partial charge on any atom is -0.488 e. The fourth-order valence-electron chi connectivity index (χ4n) is 4.48. The molecule has 2 aromatic rings. The summed E-state index contributed by atoms with van der Waals surface area (Å²) in [6, 6.07) is 13.2. The molecule has 4 N–H and O–H groups in total. The van der Waals surface area contributed by atoms with Crippen molar-refractivity contribution in [3.8, 4) is 5.75 Å². The maximum Gasteiger partial charge on any atom is 0.124 e. The molecule has 2 aromatic carbocycles. The second-order valence-electron chi connectivity index (χ2n) is 9.24. The molecular formula is C25H31ClO7. The Hall–Kier alpha value is -1.71. The number of benzene rings is 2. The van der Waals surface area contributed by atoms with Crippen molar-refractivity contribution < 1.29 is 34.6 Å². The first-order valence-corrected chi connectivity index (χ1v) is 11.6. The van der Waals surface area contributed by atoms with Crippen LogP contribution in [-0.4, -0.2) is 70.8 Å². The average Bonchev–Trinajstić information content (AvgIpc) is 3.32. The Balaban J connectivity index is 1.60. The SMILES string of the molecule is CC(C)(c1ccc(O[C@H]2CCOC2)cc1)c1cc(C2O[C@H](CO)[C@@H](O)[C@H](O)[C@H]2O)ccc1Cl. The lowest BCUT2D eigenvalue weighted by atomic mass is 9.77. The Labute approximate surface area is 198 Å². The van der Waals surface area contributed by atoms with Crippen molar-refractivity contribution >= 4 is 11.6 Å². The van der Waals surface area contributed by atoms with Crippen LogP contribution in [0.1, 0.15) is 43.1 Å². The highest BCUT2D eigenvalue weighted by Gasteiger charge is 2.44. The second kappa shape index (κ2) is 9.88. The van der Waals surface area contributed by atoms with Crippen LogP contribution in [0.2, 0.25) is 5.02 Å². The molecule has 33 heavy (non-hydrogen) atoms. The molecule has 6 atom stereocenters. The van der Waals surface area contributed by atoms with Crippen molar-refractivity contribution in [2.75, 3.05) is 19.8 Å². The van der Waals surface area contributed by atoms with Crippen LogP contribution in [0.5, 0.6) is 5.75 Å². The molecule has 0 radical (unpaired) electrons. The normalized spacial score (nSPS) is 30.4. The Morgan fingerprint density at radius 2 is 1.76 bits per heavy atom. The topological polar surface area (TPSA) is 109 Å². The third kappa shape index (κ3) is 4.91. The van der Waals surface area contributed by atoms with Gasteiger partial charge in [0.05, 0.1) is 19.8 Å². The summed E-state index contributed by atoms with van der Waals surface area (Å²) in [6.07, 6.45) is -5.13. The highest BCUT2D eigenvalue weighted by atomic mass is 35.5. The van der Waals surface area contributed by atoms with Crippen molar-refractivity contribution in [2.24, 2.45) is 0 Å². The third-order valence-corrected chi connectivity index (χ3v) is 6.98. The lowest BCUT2D eigenvalue weighted by molar-refractivity contribution is -0.231. The molecule has 2 aliphatic rings. The van der Waals surface area contributed by atoms with Gasteiger partial charge in [0.2, 0.25) is 0 Å². The summed E-state index contributed by atoms with van der Waals surface area (Å²) >= 11 is 6.59. The lowest BCUT2D eigenvalue weighted by Crippen LogP contribution is -2.55. The van der Waals surface area contributed by atoms with Crippen molar-refractivity contribution in [3.05, 3.63) is 64.2 Å². The molecule has 7 nitrogen and oxygen atoms in total. The van der Waals surface area contributed by atoms with E-state index in [1.165, 1.54) is 0 Å². The molecule has 8 heteroatoms. The van der Waals surface area contributed by atoms with Gasteiger partial charge in [-0.15, -0.1) is 0 Å². The summed E-state index contributed by atoms with van der Waals surface area (Å²) in [7, 11) is 0. The molecule has 2 fully saturated rings. The zero-order chi connectivity index (χ0) is 23.8. The monoisotopic (exact) mass is 478 g/mol.